The van der Waals surface area contributed by atoms with Crippen LogP contribution in [0.4, 0.5) is 14.5 Å². The van der Waals surface area contributed by atoms with Crippen LogP contribution in [0, 0.1) is 11.6 Å². The van der Waals surface area contributed by atoms with Crippen molar-refractivity contribution in [2.45, 2.75) is 43.7 Å². The van der Waals surface area contributed by atoms with E-state index in [9.17, 15) is 22.4 Å². The Balaban J connectivity index is 1.82. The zero-order valence-electron chi connectivity index (χ0n) is 27.1. The van der Waals surface area contributed by atoms with Crippen LogP contribution in [-0.4, -0.2) is 58.5 Å². The molecule has 0 fully saturated rings. The Morgan fingerprint density at radius 2 is 1.52 bits per heavy atom. The molecule has 12 heteroatoms. The van der Waals surface area contributed by atoms with Crippen LogP contribution in [0.3, 0.4) is 0 Å². The summed E-state index contributed by atoms with van der Waals surface area (Å²) in [5.74, 6) is -2.02. The number of carbonyl (C=O) groups excluding carboxylic acids is 2. The topological polar surface area (TPSA) is 105 Å². The lowest BCUT2D eigenvalue weighted by atomic mass is 10.0. The molecule has 0 aliphatic rings. The molecule has 9 nitrogen and oxygen atoms in total. The number of hydrogen-bond acceptors (Lipinski definition) is 6. The number of anilines is 1. The largest absolute Gasteiger partial charge is 0.493 e. The van der Waals surface area contributed by atoms with E-state index in [0.717, 1.165) is 28.4 Å². The van der Waals surface area contributed by atoms with Crippen LogP contribution in [0.5, 0.6) is 11.5 Å². The monoisotopic (exact) mass is 679 g/mol. The minimum Gasteiger partial charge on any atom is -0.493 e. The molecule has 4 aromatic carbocycles. The molecule has 1 N–H and O–H groups in total. The van der Waals surface area contributed by atoms with E-state index in [1.54, 1.807) is 18.2 Å². The standard InChI is InChI=1S/C36H39F2N3O6S/c1-4-5-21-39-36(43)32(22-26-11-7-6-8-12-26)40(24-27-13-9-10-14-31(27)38)35(42)25-41(29-17-15-28(37)16-18-29)48(44,45)30-19-20-33(46-2)34(23-30)47-3/h6-20,23,32H,4-5,21-22,24-25H2,1-3H3,(H,39,43)/t32-/m0/s1. The predicted octanol–water partition coefficient (Wildman–Crippen LogP) is 5.73. The van der Waals surface area contributed by atoms with Crippen molar-refractivity contribution in [1.82, 2.24) is 10.2 Å². The molecular weight excluding hydrogens is 640 g/mol. The molecule has 0 saturated heterocycles. The average Bonchev–Trinajstić information content (AvgIpc) is 3.09. The fourth-order valence-corrected chi connectivity index (χ4v) is 6.54. The van der Waals surface area contributed by atoms with E-state index >= 15 is 4.39 Å². The van der Waals surface area contributed by atoms with Gasteiger partial charge in [-0.3, -0.25) is 13.9 Å². The summed E-state index contributed by atoms with van der Waals surface area (Å²) in [6.45, 7) is 1.23. The Bertz CT molecular complexity index is 1790. The Hall–Kier alpha value is -4.97. The molecule has 0 spiro atoms. The zero-order valence-corrected chi connectivity index (χ0v) is 27.9. The summed E-state index contributed by atoms with van der Waals surface area (Å²) >= 11 is 0. The van der Waals surface area contributed by atoms with Gasteiger partial charge in [-0.15, -0.1) is 0 Å². The molecule has 48 heavy (non-hydrogen) atoms. The summed E-state index contributed by atoms with van der Waals surface area (Å²) in [5.41, 5.74) is 0.881. The number of carbonyl (C=O) groups is 2. The minimum absolute atomic E-state index is 0.00242. The van der Waals surface area contributed by atoms with Gasteiger partial charge in [0.15, 0.2) is 11.5 Å². The van der Waals surface area contributed by atoms with Gasteiger partial charge < -0.3 is 19.7 Å². The van der Waals surface area contributed by atoms with Crippen molar-refractivity contribution in [3.8, 4) is 11.5 Å². The van der Waals surface area contributed by atoms with Gasteiger partial charge in [0.2, 0.25) is 11.8 Å². The number of unbranched alkanes of at least 4 members (excludes halogenated alkanes) is 1. The molecule has 0 bridgehead atoms. The maximum atomic E-state index is 15.1. The van der Waals surface area contributed by atoms with Crippen LogP contribution in [-0.2, 0) is 32.6 Å². The Morgan fingerprint density at radius 3 is 2.17 bits per heavy atom. The first kappa shape index (κ1) is 35.9. The van der Waals surface area contributed by atoms with E-state index in [1.807, 2.05) is 25.1 Å². The van der Waals surface area contributed by atoms with Crippen molar-refractivity contribution in [2.75, 3.05) is 31.6 Å². The summed E-state index contributed by atoms with van der Waals surface area (Å²) in [6, 6.07) is 22.4. The van der Waals surface area contributed by atoms with E-state index in [0.29, 0.717) is 13.0 Å². The first-order valence-corrected chi connectivity index (χ1v) is 16.9. The summed E-state index contributed by atoms with van der Waals surface area (Å²) < 4.78 is 69.0. The number of methoxy groups -OCH3 is 2. The highest BCUT2D eigenvalue weighted by atomic mass is 32.2. The minimum atomic E-state index is -4.50. The average molecular weight is 680 g/mol. The van der Waals surface area contributed by atoms with Gasteiger partial charge in [-0.25, -0.2) is 17.2 Å². The van der Waals surface area contributed by atoms with Crippen molar-refractivity contribution in [3.05, 3.63) is 120 Å². The molecule has 4 aromatic rings. The molecule has 254 valence electrons. The third-order valence-electron chi connectivity index (χ3n) is 7.74. The molecule has 4 rings (SSSR count). The van der Waals surface area contributed by atoms with E-state index in [1.165, 1.54) is 67.7 Å². The maximum absolute atomic E-state index is 15.1. The third-order valence-corrected chi connectivity index (χ3v) is 9.51. The fourth-order valence-electron chi connectivity index (χ4n) is 5.11. The summed E-state index contributed by atoms with van der Waals surface area (Å²) in [7, 11) is -1.74. The van der Waals surface area contributed by atoms with Crippen molar-refractivity contribution in [1.29, 1.82) is 0 Å². The van der Waals surface area contributed by atoms with Crippen molar-refractivity contribution < 1.29 is 36.3 Å². The van der Waals surface area contributed by atoms with Gasteiger partial charge in [-0.1, -0.05) is 61.9 Å². The van der Waals surface area contributed by atoms with Gasteiger partial charge in [0.25, 0.3) is 10.0 Å². The molecule has 0 aliphatic carbocycles. The highest BCUT2D eigenvalue weighted by molar-refractivity contribution is 7.92. The van der Waals surface area contributed by atoms with Crippen LogP contribution < -0.4 is 19.1 Å². The van der Waals surface area contributed by atoms with E-state index in [2.05, 4.69) is 5.32 Å². The molecule has 1 atom stereocenters. The second-order valence-electron chi connectivity index (χ2n) is 11.0. The van der Waals surface area contributed by atoms with Crippen LogP contribution in [0.2, 0.25) is 0 Å². The molecule has 2 amide bonds. The Labute approximate surface area is 280 Å². The normalized spacial score (nSPS) is 11.8. The van der Waals surface area contributed by atoms with Gasteiger partial charge in [0.05, 0.1) is 24.8 Å². The number of rotatable bonds is 16. The lowest BCUT2D eigenvalue weighted by Crippen LogP contribution is -2.53. The number of nitrogens with zero attached hydrogens (tertiary/aromatic N) is 2. The molecule has 0 unspecified atom stereocenters. The summed E-state index contributed by atoms with van der Waals surface area (Å²) in [5, 5.41) is 2.88. The third kappa shape index (κ3) is 8.88. The Kier molecular flexibility index (Phi) is 12.5. The fraction of sp³-hybridized carbons (Fsp3) is 0.278. The Morgan fingerprint density at radius 1 is 0.854 bits per heavy atom. The van der Waals surface area contributed by atoms with Crippen molar-refractivity contribution in [2.24, 2.45) is 0 Å². The number of halogens is 2. The quantitative estimate of drug-likeness (QED) is 0.152. The predicted molar refractivity (Wildman–Crippen MR) is 179 cm³/mol. The van der Waals surface area contributed by atoms with Crippen LogP contribution in [0.25, 0.3) is 0 Å². The number of sulfonamides is 1. The second-order valence-corrected chi connectivity index (χ2v) is 12.8. The lowest BCUT2D eigenvalue weighted by molar-refractivity contribution is -0.140. The van der Waals surface area contributed by atoms with Crippen LogP contribution >= 0.6 is 0 Å². The number of nitrogens with one attached hydrogen (secondary N) is 1. The summed E-state index contributed by atoms with van der Waals surface area (Å²) in [6.07, 6.45) is 1.60. The highest BCUT2D eigenvalue weighted by Gasteiger charge is 2.35. The first-order valence-electron chi connectivity index (χ1n) is 15.4. The van der Waals surface area contributed by atoms with Gasteiger partial charge in [-0.2, -0.15) is 0 Å². The molecular formula is C36H39F2N3O6S. The smallest absolute Gasteiger partial charge is 0.264 e. The van der Waals surface area contributed by atoms with E-state index in [4.69, 9.17) is 9.47 Å². The molecule has 0 aromatic heterocycles. The van der Waals surface area contributed by atoms with E-state index in [-0.39, 0.29) is 40.6 Å². The van der Waals surface area contributed by atoms with Crippen LogP contribution in [0.1, 0.15) is 30.9 Å². The summed E-state index contributed by atoms with van der Waals surface area (Å²) in [4.78, 5) is 29.2. The molecule has 0 saturated carbocycles. The van der Waals surface area contributed by atoms with Crippen molar-refractivity contribution in [3.63, 3.8) is 0 Å². The van der Waals surface area contributed by atoms with Gasteiger partial charge >= 0.3 is 0 Å². The maximum Gasteiger partial charge on any atom is 0.264 e. The van der Waals surface area contributed by atoms with E-state index < -0.39 is 46.1 Å². The SMILES string of the molecule is CCCCNC(=O)[C@H](Cc1ccccc1)N(Cc1ccccc1F)C(=O)CN(c1ccc(F)cc1)S(=O)(=O)c1ccc(OC)c(OC)c1. The van der Waals surface area contributed by atoms with Crippen LogP contribution in [0.15, 0.2) is 102 Å². The number of benzene rings is 4. The van der Waals surface area contributed by atoms with Crippen molar-refractivity contribution >= 4 is 27.5 Å². The molecule has 0 radical (unpaired) electrons. The van der Waals surface area contributed by atoms with Gasteiger partial charge in [0, 0.05) is 31.1 Å². The van der Waals surface area contributed by atoms with Gasteiger partial charge in [0.1, 0.15) is 24.2 Å². The molecule has 0 heterocycles. The second kappa shape index (κ2) is 16.7. The van der Waals surface area contributed by atoms with Gasteiger partial charge in [-0.05, 0) is 54.4 Å². The first-order chi connectivity index (χ1) is 23.1. The number of hydrogen-bond donors (Lipinski definition) is 1. The molecule has 0 aliphatic heterocycles. The highest BCUT2D eigenvalue weighted by Crippen LogP contribution is 2.32. The lowest BCUT2D eigenvalue weighted by Gasteiger charge is -2.34. The zero-order chi connectivity index (χ0) is 34.7. The number of ether oxygens (including phenoxy) is 2. The number of amides is 2.